The number of aliphatic hydroxyl groups excluding tert-OH is 1. The van der Waals surface area contributed by atoms with Crippen molar-refractivity contribution >= 4 is 27.3 Å². The first-order valence-corrected chi connectivity index (χ1v) is 13.2. The van der Waals surface area contributed by atoms with E-state index in [2.05, 4.69) is 10.6 Å². The number of aliphatic hydroxyl groups is 1. The van der Waals surface area contributed by atoms with Crippen LogP contribution in [0.2, 0.25) is 5.02 Å². The van der Waals surface area contributed by atoms with E-state index < -0.39 is 21.8 Å². The minimum Gasteiger partial charge on any atom is -0.507 e. The molecule has 1 amide bonds. The van der Waals surface area contributed by atoms with Gasteiger partial charge in [0.1, 0.15) is 5.75 Å². The maximum atomic E-state index is 13.1. The molecule has 1 aliphatic rings. The normalized spacial score (nSPS) is 14.5. The molecule has 7 nitrogen and oxygen atoms in total. The Morgan fingerprint density at radius 3 is 2.43 bits per heavy atom. The first kappa shape index (κ1) is 25.2. The maximum Gasteiger partial charge on any atom is 0.255 e. The molecule has 0 unspecified atom stereocenters. The third-order valence-corrected chi connectivity index (χ3v) is 7.83. The number of hydrogen-bond donors (Lipinski definition) is 4. The molecule has 1 saturated carbocycles. The summed E-state index contributed by atoms with van der Waals surface area (Å²) in [6.07, 6.45) is 1.74. The van der Waals surface area contributed by atoms with Gasteiger partial charge in [-0.25, -0.2) is 8.42 Å². The molecule has 1 fully saturated rings. The highest BCUT2D eigenvalue weighted by Gasteiger charge is 2.26. The van der Waals surface area contributed by atoms with Gasteiger partial charge >= 0.3 is 0 Å². The molecule has 0 spiro atoms. The SMILES string of the molecule is O=C(NC1CC1)c1cc(S(=O)(=O)c2ccc(CCNC[C@@H](O)c3cccc(Cl)c3)cc2)ccc1O. The topological polar surface area (TPSA) is 116 Å². The van der Waals surface area contributed by atoms with Crippen molar-refractivity contribution in [2.75, 3.05) is 13.1 Å². The maximum absolute atomic E-state index is 13.1. The minimum absolute atomic E-state index is 0.0549. The number of phenolic OH excluding ortho intramolecular Hbond substituents is 1. The fourth-order valence-electron chi connectivity index (χ4n) is 3.63. The van der Waals surface area contributed by atoms with Crippen LogP contribution in [0.15, 0.2) is 76.5 Å². The van der Waals surface area contributed by atoms with Crippen LogP contribution in [0, 0.1) is 0 Å². The van der Waals surface area contributed by atoms with Gasteiger partial charge in [-0.2, -0.15) is 0 Å². The number of aromatic hydroxyl groups is 1. The molecule has 0 saturated heterocycles. The lowest BCUT2D eigenvalue weighted by Crippen LogP contribution is -2.25. The van der Waals surface area contributed by atoms with Crippen LogP contribution in [0.25, 0.3) is 0 Å². The van der Waals surface area contributed by atoms with Gasteiger partial charge in [-0.1, -0.05) is 35.9 Å². The Morgan fingerprint density at radius 2 is 1.74 bits per heavy atom. The zero-order valence-electron chi connectivity index (χ0n) is 18.9. The van der Waals surface area contributed by atoms with Crippen molar-refractivity contribution in [3.8, 4) is 5.75 Å². The number of rotatable bonds is 10. The minimum atomic E-state index is -3.86. The van der Waals surface area contributed by atoms with Crippen LogP contribution in [-0.2, 0) is 16.3 Å². The highest BCUT2D eigenvalue weighted by Crippen LogP contribution is 2.28. The summed E-state index contributed by atoms with van der Waals surface area (Å²) < 4.78 is 26.2. The average molecular weight is 515 g/mol. The van der Waals surface area contributed by atoms with E-state index in [1.165, 1.54) is 30.3 Å². The summed E-state index contributed by atoms with van der Waals surface area (Å²) in [5.41, 5.74) is 1.62. The molecular weight excluding hydrogens is 488 g/mol. The van der Waals surface area contributed by atoms with E-state index in [-0.39, 0.29) is 27.1 Å². The predicted molar refractivity (Wildman–Crippen MR) is 133 cm³/mol. The molecule has 0 bridgehead atoms. The molecule has 0 radical (unpaired) electrons. The Labute approximate surface area is 209 Å². The van der Waals surface area contributed by atoms with Crippen LogP contribution < -0.4 is 10.6 Å². The number of halogens is 1. The van der Waals surface area contributed by atoms with E-state index in [9.17, 15) is 23.4 Å². The highest BCUT2D eigenvalue weighted by molar-refractivity contribution is 7.91. The Morgan fingerprint density at radius 1 is 1.03 bits per heavy atom. The summed E-state index contributed by atoms with van der Waals surface area (Å²) in [6, 6.07) is 17.4. The van der Waals surface area contributed by atoms with Gasteiger partial charge in [-0.3, -0.25) is 4.79 Å². The molecule has 0 heterocycles. The quantitative estimate of drug-likeness (QED) is 0.307. The van der Waals surface area contributed by atoms with Crippen molar-refractivity contribution in [3.63, 3.8) is 0 Å². The monoisotopic (exact) mass is 514 g/mol. The summed E-state index contributed by atoms with van der Waals surface area (Å²) in [5.74, 6) is -0.740. The van der Waals surface area contributed by atoms with Gasteiger partial charge in [0.15, 0.2) is 0 Å². The van der Waals surface area contributed by atoms with Crippen molar-refractivity contribution in [3.05, 3.63) is 88.4 Å². The first-order valence-electron chi connectivity index (χ1n) is 11.4. The second-order valence-electron chi connectivity index (χ2n) is 8.60. The van der Waals surface area contributed by atoms with Gasteiger partial charge in [0.2, 0.25) is 9.84 Å². The van der Waals surface area contributed by atoms with Crippen LogP contribution in [0.1, 0.15) is 40.4 Å². The Hall–Kier alpha value is -2.91. The molecule has 184 valence electrons. The van der Waals surface area contributed by atoms with Crippen molar-refractivity contribution < 1.29 is 23.4 Å². The lowest BCUT2D eigenvalue weighted by atomic mass is 10.1. The summed E-state index contributed by atoms with van der Waals surface area (Å²) in [6.45, 7) is 0.964. The second kappa shape index (κ2) is 10.8. The van der Waals surface area contributed by atoms with Crippen LogP contribution in [-0.4, -0.2) is 43.7 Å². The van der Waals surface area contributed by atoms with Gasteiger partial charge in [-0.05, 0) is 79.4 Å². The number of carbonyl (C=O) groups is 1. The van der Waals surface area contributed by atoms with Crippen molar-refractivity contribution in [1.82, 2.24) is 10.6 Å². The molecule has 1 atom stereocenters. The lowest BCUT2D eigenvalue weighted by molar-refractivity contribution is 0.0948. The first-order chi connectivity index (χ1) is 16.7. The zero-order chi connectivity index (χ0) is 25.0. The Balaban J connectivity index is 1.36. The molecule has 4 N–H and O–H groups in total. The number of benzene rings is 3. The zero-order valence-corrected chi connectivity index (χ0v) is 20.5. The van der Waals surface area contributed by atoms with Crippen LogP contribution in [0.5, 0.6) is 5.75 Å². The Kier molecular flexibility index (Phi) is 7.76. The van der Waals surface area contributed by atoms with E-state index in [4.69, 9.17) is 11.6 Å². The summed E-state index contributed by atoms with van der Waals surface area (Å²) in [7, 11) is -3.86. The van der Waals surface area contributed by atoms with Gasteiger partial charge in [-0.15, -0.1) is 0 Å². The molecular formula is C26H27ClN2O5S. The Bertz CT molecular complexity index is 1310. The van der Waals surface area contributed by atoms with Crippen LogP contribution >= 0.6 is 11.6 Å². The average Bonchev–Trinajstić information content (AvgIpc) is 3.66. The third-order valence-electron chi connectivity index (χ3n) is 5.83. The van der Waals surface area contributed by atoms with Gasteiger partial charge in [0, 0.05) is 17.6 Å². The van der Waals surface area contributed by atoms with E-state index >= 15 is 0 Å². The number of amides is 1. The standard InChI is InChI=1S/C26H27ClN2O5S/c27-19-3-1-2-18(14-19)25(31)16-28-13-12-17-4-8-21(9-5-17)35(33,34)22-10-11-24(30)23(15-22)26(32)29-20-6-7-20/h1-5,8-11,14-15,20,25,28,30-31H,6-7,12-13,16H2,(H,29,32)/t25-/m1/s1. The van der Waals surface area contributed by atoms with Crippen molar-refractivity contribution in [2.45, 2.75) is 41.2 Å². The largest absolute Gasteiger partial charge is 0.507 e. The second-order valence-corrected chi connectivity index (χ2v) is 11.0. The molecule has 35 heavy (non-hydrogen) atoms. The fourth-order valence-corrected chi connectivity index (χ4v) is 5.12. The summed E-state index contributed by atoms with van der Waals surface area (Å²) in [5, 5.41) is 26.8. The van der Waals surface area contributed by atoms with E-state index in [0.29, 0.717) is 24.5 Å². The molecule has 0 aromatic heterocycles. The lowest BCUT2D eigenvalue weighted by Gasteiger charge is -2.13. The summed E-state index contributed by atoms with van der Waals surface area (Å²) >= 11 is 5.96. The molecule has 3 aromatic rings. The number of phenols is 1. The van der Waals surface area contributed by atoms with E-state index in [0.717, 1.165) is 24.0 Å². The number of sulfone groups is 1. The number of hydrogen-bond acceptors (Lipinski definition) is 6. The molecule has 0 aliphatic heterocycles. The van der Waals surface area contributed by atoms with Gasteiger partial charge in [0.25, 0.3) is 5.91 Å². The molecule has 9 heteroatoms. The molecule has 3 aromatic carbocycles. The van der Waals surface area contributed by atoms with Crippen molar-refractivity contribution in [2.24, 2.45) is 0 Å². The van der Waals surface area contributed by atoms with Gasteiger partial charge < -0.3 is 20.8 Å². The van der Waals surface area contributed by atoms with Crippen LogP contribution in [0.3, 0.4) is 0 Å². The van der Waals surface area contributed by atoms with E-state index in [1.807, 2.05) is 6.07 Å². The predicted octanol–water partition coefficient (Wildman–Crippen LogP) is 3.64. The van der Waals surface area contributed by atoms with Crippen molar-refractivity contribution in [1.29, 1.82) is 0 Å². The third kappa shape index (κ3) is 6.41. The van der Waals surface area contributed by atoms with E-state index in [1.54, 1.807) is 30.3 Å². The van der Waals surface area contributed by atoms with Crippen LogP contribution in [0.4, 0.5) is 0 Å². The number of nitrogens with one attached hydrogen (secondary N) is 2. The molecule has 1 aliphatic carbocycles. The fraction of sp³-hybridized carbons (Fsp3) is 0.269. The van der Waals surface area contributed by atoms with Gasteiger partial charge in [0.05, 0.1) is 21.5 Å². The summed E-state index contributed by atoms with van der Waals surface area (Å²) in [4.78, 5) is 12.4. The molecule has 4 rings (SSSR count). The smallest absolute Gasteiger partial charge is 0.255 e. The number of carbonyl (C=O) groups excluding carboxylic acids is 1. The highest BCUT2D eigenvalue weighted by atomic mass is 35.5.